The van der Waals surface area contributed by atoms with Gasteiger partial charge in [0.05, 0.1) is 18.5 Å². The van der Waals surface area contributed by atoms with E-state index in [1.54, 1.807) is 31.4 Å². The lowest BCUT2D eigenvalue weighted by Crippen LogP contribution is -2.24. The van der Waals surface area contributed by atoms with Crippen LogP contribution in [0, 0.1) is 0 Å². The number of amides is 1. The van der Waals surface area contributed by atoms with Crippen molar-refractivity contribution in [2.45, 2.75) is 13.0 Å². The van der Waals surface area contributed by atoms with Crippen LogP contribution in [0.3, 0.4) is 0 Å². The molecule has 0 saturated carbocycles. The SMILES string of the molecule is COc1cccc(C=CC(=O)NC(C)c2ccc3oc(O)c(O)c3c2)c1. The molecule has 1 unspecified atom stereocenters. The molecule has 0 aliphatic heterocycles. The highest BCUT2D eigenvalue weighted by atomic mass is 16.5. The summed E-state index contributed by atoms with van der Waals surface area (Å²) in [5, 5.41) is 22.5. The topological polar surface area (TPSA) is 91.9 Å². The fourth-order valence-corrected chi connectivity index (χ4v) is 2.62. The maximum absolute atomic E-state index is 12.2. The molecule has 3 rings (SSSR count). The van der Waals surface area contributed by atoms with Gasteiger partial charge in [-0.1, -0.05) is 18.2 Å². The second kappa shape index (κ2) is 7.23. The Labute approximate surface area is 150 Å². The van der Waals surface area contributed by atoms with Crippen molar-refractivity contribution in [1.29, 1.82) is 0 Å². The van der Waals surface area contributed by atoms with E-state index in [2.05, 4.69) is 5.32 Å². The monoisotopic (exact) mass is 353 g/mol. The zero-order valence-corrected chi connectivity index (χ0v) is 14.4. The zero-order chi connectivity index (χ0) is 18.7. The van der Waals surface area contributed by atoms with Gasteiger partial charge in [0.15, 0.2) is 0 Å². The highest BCUT2D eigenvalue weighted by Gasteiger charge is 2.15. The maximum atomic E-state index is 12.2. The highest BCUT2D eigenvalue weighted by molar-refractivity contribution is 5.92. The Balaban J connectivity index is 1.70. The van der Waals surface area contributed by atoms with Gasteiger partial charge in [0.2, 0.25) is 11.7 Å². The minimum Gasteiger partial charge on any atom is -0.501 e. The third-order valence-corrected chi connectivity index (χ3v) is 4.05. The minimum atomic E-state index is -0.518. The average Bonchev–Trinajstić information content (AvgIpc) is 2.94. The third kappa shape index (κ3) is 3.64. The summed E-state index contributed by atoms with van der Waals surface area (Å²) in [5.74, 6) is -0.356. The van der Waals surface area contributed by atoms with Crippen LogP contribution in [0.25, 0.3) is 17.0 Å². The van der Waals surface area contributed by atoms with Crippen molar-refractivity contribution in [3.05, 3.63) is 59.7 Å². The van der Waals surface area contributed by atoms with Crippen molar-refractivity contribution in [3.63, 3.8) is 0 Å². The summed E-state index contributed by atoms with van der Waals surface area (Å²) >= 11 is 0. The van der Waals surface area contributed by atoms with Crippen molar-refractivity contribution < 1.29 is 24.2 Å². The van der Waals surface area contributed by atoms with Gasteiger partial charge in [-0.15, -0.1) is 0 Å². The molecule has 1 heterocycles. The van der Waals surface area contributed by atoms with Gasteiger partial charge in [0.1, 0.15) is 11.3 Å². The minimum absolute atomic E-state index is 0.250. The van der Waals surface area contributed by atoms with Crippen molar-refractivity contribution in [2.75, 3.05) is 7.11 Å². The van der Waals surface area contributed by atoms with E-state index in [4.69, 9.17) is 9.15 Å². The van der Waals surface area contributed by atoms with Crippen LogP contribution in [-0.4, -0.2) is 23.2 Å². The summed E-state index contributed by atoms with van der Waals surface area (Å²) in [5.41, 5.74) is 2.00. The molecule has 0 spiro atoms. The number of methoxy groups -OCH3 is 1. The molecular formula is C20H19NO5. The van der Waals surface area contributed by atoms with Crippen LogP contribution in [0.1, 0.15) is 24.1 Å². The summed E-state index contributed by atoms with van der Waals surface area (Å²) in [6.07, 6.45) is 3.15. The molecule has 6 heteroatoms. The van der Waals surface area contributed by atoms with Gasteiger partial charge >= 0.3 is 5.95 Å². The molecule has 26 heavy (non-hydrogen) atoms. The van der Waals surface area contributed by atoms with Crippen molar-refractivity contribution in [2.24, 2.45) is 0 Å². The van der Waals surface area contributed by atoms with E-state index in [0.29, 0.717) is 11.0 Å². The summed E-state index contributed by atoms with van der Waals surface area (Å²) in [6.45, 7) is 1.83. The molecule has 0 radical (unpaired) electrons. The number of hydrogen-bond donors (Lipinski definition) is 3. The first kappa shape index (κ1) is 17.4. The number of nitrogens with one attached hydrogen (secondary N) is 1. The molecular weight excluding hydrogens is 334 g/mol. The number of carbonyl (C=O) groups excluding carboxylic acids is 1. The van der Waals surface area contributed by atoms with Crippen LogP contribution in [0.4, 0.5) is 0 Å². The Morgan fingerprint density at radius 3 is 2.81 bits per heavy atom. The van der Waals surface area contributed by atoms with E-state index >= 15 is 0 Å². The van der Waals surface area contributed by atoms with E-state index in [1.807, 2.05) is 31.2 Å². The van der Waals surface area contributed by atoms with E-state index in [0.717, 1.165) is 16.9 Å². The molecule has 3 aromatic rings. The number of hydrogen-bond acceptors (Lipinski definition) is 5. The van der Waals surface area contributed by atoms with Gasteiger partial charge in [-0.2, -0.15) is 0 Å². The fraction of sp³-hybridized carbons (Fsp3) is 0.150. The molecule has 2 aromatic carbocycles. The first-order chi connectivity index (χ1) is 12.5. The zero-order valence-electron chi connectivity index (χ0n) is 14.4. The van der Waals surface area contributed by atoms with Gasteiger partial charge in [0.25, 0.3) is 0 Å². The van der Waals surface area contributed by atoms with Gasteiger partial charge in [-0.25, -0.2) is 0 Å². The normalized spacial score (nSPS) is 12.4. The molecule has 3 N–H and O–H groups in total. The smallest absolute Gasteiger partial charge is 0.327 e. The highest BCUT2D eigenvalue weighted by Crippen LogP contribution is 2.38. The number of aromatic hydroxyl groups is 2. The van der Waals surface area contributed by atoms with Gasteiger partial charge < -0.3 is 24.7 Å². The van der Waals surface area contributed by atoms with Crippen molar-refractivity contribution in [1.82, 2.24) is 5.32 Å². The number of rotatable bonds is 5. The molecule has 1 amide bonds. The molecule has 0 aliphatic carbocycles. The van der Waals surface area contributed by atoms with E-state index in [-0.39, 0.29) is 17.7 Å². The van der Waals surface area contributed by atoms with Crippen molar-refractivity contribution >= 4 is 23.0 Å². The Bertz CT molecular complexity index is 973. The first-order valence-corrected chi connectivity index (χ1v) is 8.05. The van der Waals surface area contributed by atoms with E-state index in [1.165, 1.54) is 6.08 Å². The fourth-order valence-electron chi connectivity index (χ4n) is 2.62. The molecule has 1 atom stereocenters. The molecule has 6 nitrogen and oxygen atoms in total. The lowest BCUT2D eigenvalue weighted by molar-refractivity contribution is -0.117. The van der Waals surface area contributed by atoms with Crippen LogP contribution in [0.5, 0.6) is 17.4 Å². The molecule has 1 aromatic heterocycles. The molecule has 0 fully saturated rings. The number of ether oxygens (including phenoxy) is 1. The summed E-state index contributed by atoms with van der Waals surface area (Å²) in [4.78, 5) is 12.2. The Morgan fingerprint density at radius 2 is 2.04 bits per heavy atom. The average molecular weight is 353 g/mol. The van der Waals surface area contributed by atoms with Crippen molar-refractivity contribution in [3.8, 4) is 17.4 Å². The molecule has 134 valence electrons. The Hall–Kier alpha value is -3.41. The van der Waals surface area contributed by atoms with Gasteiger partial charge in [0, 0.05) is 6.08 Å². The number of furan rings is 1. The van der Waals surface area contributed by atoms with E-state index in [9.17, 15) is 15.0 Å². The summed E-state index contributed by atoms with van der Waals surface area (Å²) in [6, 6.07) is 12.2. The second-order valence-electron chi connectivity index (χ2n) is 5.85. The lowest BCUT2D eigenvalue weighted by Gasteiger charge is -2.13. The third-order valence-electron chi connectivity index (χ3n) is 4.05. The predicted molar refractivity (Wildman–Crippen MR) is 98.1 cm³/mol. The largest absolute Gasteiger partial charge is 0.501 e. The number of carbonyl (C=O) groups is 1. The van der Waals surface area contributed by atoms with E-state index < -0.39 is 5.95 Å². The molecule has 0 aliphatic rings. The Morgan fingerprint density at radius 1 is 1.23 bits per heavy atom. The Kier molecular flexibility index (Phi) is 4.84. The molecule has 0 bridgehead atoms. The number of benzene rings is 2. The maximum Gasteiger partial charge on any atom is 0.327 e. The standard InChI is InChI=1S/C20H19NO5/c1-12(14-7-8-17-16(11-14)19(23)20(24)26-17)21-18(22)9-6-13-4-3-5-15(10-13)25-2/h3-12,23-24H,1-2H3,(H,21,22). The first-order valence-electron chi connectivity index (χ1n) is 8.05. The lowest BCUT2D eigenvalue weighted by atomic mass is 10.1. The quantitative estimate of drug-likeness (QED) is 0.608. The molecule has 0 saturated heterocycles. The predicted octanol–water partition coefficient (Wildman–Crippen LogP) is 3.74. The second-order valence-corrected chi connectivity index (χ2v) is 5.85. The van der Waals surface area contributed by atoms with Gasteiger partial charge in [-0.05, 0) is 48.4 Å². The summed E-state index contributed by atoms with van der Waals surface area (Å²) < 4.78 is 10.2. The van der Waals surface area contributed by atoms with Gasteiger partial charge in [-0.3, -0.25) is 4.79 Å². The van der Waals surface area contributed by atoms with Crippen LogP contribution >= 0.6 is 0 Å². The summed E-state index contributed by atoms with van der Waals surface area (Å²) in [7, 11) is 1.59. The van der Waals surface area contributed by atoms with Crippen LogP contribution in [-0.2, 0) is 4.79 Å². The van der Waals surface area contributed by atoms with Crippen LogP contribution in [0.2, 0.25) is 0 Å². The number of fused-ring (bicyclic) bond motifs is 1. The van der Waals surface area contributed by atoms with Crippen LogP contribution < -0.4 is 10.1 Å². The van der Waals surface area contributed by atoms with Crippen LogP contribution in [0.15, 0.2) is 53.0 Å².